The quantitative estimate of drug-likeness (QED) is 0.266. The van der Waals surface area contributed by atoms with E-state index in [-0.39, 0.29) is 5.91 Å². The molecule has 31 heavy (non-hydrogen) atoms. The van der Waals surface area contributed by atoms with Crippen molar-refractivity contribution in [1.29, 1.82) is 0 Å². The molecular weight excluding hydrogens is 392 g/mol. The topological polar surface area (TPSA) is 87.9 Å². The molecule has 1 heterocycles. The largest absolute Gasteiger partial charge is 0.494 e. The number of furan rings is 1. The van der Waals surface area contributed by atoms with E-state index in [1.54, 1.807) is 25.4 Å². The van der Waals surface area contributed by atoms with Crippen molar-refractivity contribution in [2.24, 2.45) is 4.99 Å². The summed E-state index contributed by atoms with van der Waals surface area (Å²) in [5, 5.41) is 9.39. The number of nitrogens with zero attached hydrogens (tertiary/aromatic N) is 1. The number of rotatable bonds is 10. The van der Waals surface area contributed by atoms with Crippen LogP contribution in [-0.2, 0) is 13.1 Å². The van der Waals surface area contributed by atoms with Crippen LogP contribution < -0.4 is 20.7 Å². The van der Waals surface area contributed by atoms with E-state index >= 15 is 0 Å². The number of carbonyl (C=O) groups is 1. The van der Waals surface area contributed by atoms with Crippen molar-refractivity contribution in [3.05, 3.63) is 89.9 Å². The summed E-state index contributed by atoms with van der Waals surface area (Å²) >= 11 is 0. The highest BCUT2D eigenvalue weighted by Gasteiger charge is 2.07. The number of benzene rings is 2. The molecule has 0 unspecified atom stereocenters. The number of aliphatic imine (C=N–C) groups is 1. The van der Waals surface area contributed by atoms with Gasteiger partial charge in [-0.25, -0.2) is 0 Å². The number of nitrogens with one attached hydrogen (secondary N) is 3. The second-order valence-electron chi connectivity index (χ2n) is 6.83. The van der Waals surface area contributed by atoms with Gasteiger partial charge < -0.3 is 25.1 Å². The zero-order valence-corrected chi connectivity index (χ0v) is 17.6. The lowest BCUT2D eigenvalue weighted by molar-refractivity contribution is 0.0948. The molecule has 0 fully saturated rings. The van der Waals surface area contributed by atoms with E-state index in [1.165, 1.54) is 0 Å². The molecule has 7 nitrogen and oxygen atoms in total. The van der Waals surface area contributed by atoms with E-state index < -0.39 is 0 Å². The standard InChI is InChI=1S/C24H28N4O3/c1-25-24(26-13-7-15-30-21-10-3-2-4-11-21)28-17-19-8-5-9-20(16-19)23(29)27-18-22-12-6-14-31-22/h2-6,8-12,14,16H,7,13,15,17-18H2,1H3,(H,27,29)(H2,25,26,28). The lowest BCUT2D eigenvalue weighted by atomic mass is 10.1. The second kappa shape index (κ2) is 12.1. The van der Waals surface area contributed by atoms with Crippen molar-refractivity contribution in [1.82, 2.24) is 16.0 Å². The Hall–Kier alpha value is -3.74. The fraction of sp³-hybridized carbons (Fsp3) is 0.250. The fourth-order valence-electron chi connectivity index (χ4n) is 2.90. The zero-order valence-electron chi connectivity index (χ0n) is 17.6. The van der Waals surface area contributed by atoms with Gasteiger partial charge in [-0.05, 0) is 48.4 Å². The molecule has 3 aromatic rings. The smallest absolute Gasteiger partial charge is 0.251 e. The number of carbonyl (C=O) groups excluding carboxylic acids is 1. The van der Waals surface area contributed by atoms with Crippen LogP contribution in [0.5, 0.6) is 5.75 Å². The fourth-order valence-corrected chi connectivity index (χ4v) is 2.90. The molecule has 2 aromatic carbocycles. The van der Waals surface area contributed by atoms with Crippen LogP contribution in [0.3, 0.4) is 0 Å². The van der Waals surface area contributed by atoms with Crippen LogP contribution in [0.4, 0.5) is 0 Å². The number of amides is 1. The van der Waals surface area contributed by atoms with Gasteiger partial charge in [-0.1, -0.05) is 30.3 Å². The van der Waals surface area contributed by atoms with Crippen molar-refractivity contribution in [2.45, 2.75) is 19.5 Å². The number of hydrogen-bond acceptors (Lipinski definition) is 4. The number of guanidine groups is 1. The van der Waals surface area contributed by atoms with Gasteiger partial charge in [0.05, 0.1) is 19.4 Å². The third kappa shape index (κ3) is 7.54. The van der Waals surface area contributed by atoms with Crippen molar-refractivity contribution in [2.75, 3.05) is 20.2 Å². The average molecular weight is 421 g/mol. The maximum absolute atomic E-state index is 12.4. The van der Waals surface area contributed by atoms with Crippen LogP contribution in [0.15, 0.2) is 82.4 Å². The highest BCUT2D eigenvalue weighted by atomic mass is 16.5. The van der Waals surface area contributed by atoms with Crippen LogP contribution in [0, 0.1) is 0 Å². The summed E-state index contributed by atoms with van der Waals surface area (Å²) in [5.41, 5.74) is 1.59. The Morgan fingerprint density at radius 2 is 1.84 bits per heavy atom. The first-order chi connectivity index (χ1) is 15.2. The highest BCUT2D eigenvalue weighted by molar-refractivity contribution is 5.94. The minimum absolute atomic E-state index is 0.140. The average Bonchev–Trinajstić information content (AvgIpc) is 3.34. The molecule has 3 N–H and O–H groups in total. The molecule has 0 radical (unpaired) electrons. The first-order valence-electron chi connectivity index (χ1n) is 10.3. The summed E-state index contributed by atoms with van der Waals surface area (Å²) in [6.45, 7) is 2.28. The zero-order chi connectivity index (χ0) is 21.7. The second-order valence-corrected chi connectivity index (χ2v) is 6.83. The Morgan fingerprint density at radius 1 is 0.968 bits per heavy atom. The normalized spacial score (nSPS) is 11.1. The molecule has 0 aliphatic carbocycles. The van der Waals surface area contributed by atoms with E-state index in [2.05, 4.69) is 20.9 Å². The Balaban J connectivity index is 1.38. The van der Waals surface area contributed by atoms with Gasteiger partial charge in [0.1, 0.15) is 11.5 Å². The van der Waals surface area contributed by atoms with Crippen LogP contribution >= 0.6 is 0 Å². The summed E-state index contributed by atoms with van der Waals surface area (Å²) in [6.07, 6.45) is 2.44. The summed E-state index contributed by atoms with van der Waals surface area (Å²) in [6, 6.07) is 20.9. The van der Waals surface area contributed by atoms with Gasteiger partial charge in [-0.3, -0.25) is 9.79 Å². The van der Waals surface area contributed by atoms with E-state index in [4.69, 9.17) is 9.15 Å². The maximum atomic E-state index is 12.4. The maximum Gasteiger partial charge on any atom is 0.251 e. The minimum Gasteiger partial charge on any atom is -0.494 e. The summed E-state index contributed by atoms with van der Waals surface area (Å²) in [7, 11) is 1.73. The predicted octanol–water partition coefficient (Wildman–Crippen LogP) is 3.34. The Labute approximate surface area is 182 Å². The van der Waals surface area contributed by atoms with E-state index in [9.17, 15) is 4.79 Å². The highest BCUT2D eigenvalue weighted by Crippen LogP contribution is 2.08. The van der Waals surface area contributed by atoms with Gasteiger partial charge in [0.25, 0.3) is 5.91 Å². The molecule has 0 spiro atoms. The van der Waals surface area contributed by atoms with Gasteiger partial charge in [-0.2, -0.15) is 0 Å². The van der Waals surface area contributed by atoms with Crippen molar-refractivity contribution < 1.29 is 13.9 Å². The van der Waals surface area contributed by atoms with E-state index in [1.807, 2.05) is 54.6 Å². The SMILES string of the molecule is CN=C(NCCCOc1ccccc1)NCc1cccc(C(=O)NCc2ccco2)c1. The van der Waals surface area contributed by atoms with Crippen LogP contribution in [0.1, 0.15) is 28.1 Å². The Bertz CT molecular complexity index is 956. The monoisotopic (exact) mass is 420 g/mol. The van der Waals surface area contributed by atoms with Crippen LogP contribution in [-0.4, -0.2) is 32.1 Å². The van der Waals surface area contributed by atoms with E-state index in [0.717, 1.165) is 30.0 Å². The molecule has 3 rings (SSSR count). The lowest BCUT2D eigenvalue weighted by Crippen LogP contribution is -2.37. The molecule has 0 aliphatic heterocycles. The molecule has 7 heteroatoms. The third-order valence-electron chi connectivity index (χ3n) is 4.50. The number of para-hydroxylation sites is 1. The van der Waals surface area contributed by atoms with Crippen LogP contribution in [0.25, 0.3) is 0 Å². The molecule has 1 aromatic heterocycles. The summed E-state index contributed by atoms with van der Waals surface area (Å²) in [4.78, 5) is 16.6. The summed E-state index contributed by atoms with van der Waals surface area (Å²) in [5.74, 6) is 2.15. The molecule has 0 aliphatic rings. The molecule has 0 bridgehead atoms. The number of ether oxygens (including phenoxy) is 1. The third-order valence-corrected chi connectivity index (χ3v) is 4.50. The van der Waals surface area contributed by atoms with Crippen molar-refractivity contribution >= 4 is 11.9 Å². The van der Waals surface area contributed by atoms with E-state index in [0.29, 0.717) is 31.2 Å². The molecule has 0 atom stereocenters. The Morgan fingerprint density at radius 3 is 2.61 bits per heavy atom. The number of hydrogen-bond donors (Lipinski definition) is 3. The van der Waals surface area contributed by atoms with Gasteiger partial charge in [-0.15, -0.1) is 0 Å². The molecular formula is C24H28N4O3. The van der Waals surface area contributed by atoms with Crippen molar-refractivity contribution in [3.63, 3.8) is 0 Å². The first-order valence-corrected chi connectivity index (χ1v) is 10.3. The minimum atomic E-state index is -0.140. The molecule has 1 amide bonds. The van der Waals surface area contributed by atoms with Gasteiger partial charge in [0, 0.05) is 25.7 Å². The molecule has 0 saturated carbocycles. The van der Waals surface area contributed by atoms with Gasteiger partial charge in [0.15, 0.2) is 5.96 Å². The van der Waals surface area contributed by atoms with Crippen molar-refractivity contribution in [3.8, 4) is 5.75 Å². The summed E-state index contributed by atoms with van der Waals surface area (Å²) < 4.78 is 10.9. The lowest BCUT2D eigenvalue weighted by Gasteiger charge is -2.13. The predicted molar refractivity (Wildman–Crippen MR) is 121 cm³/mol. The Kier molecular flexibility index (Phi) is 8.55. The first kappa shape index (κ1) is 22.0. The van der Waals surface area contributed by atoms with Crippen LogP contribution in [0.2, 0.25) is 0 Å². The molecule has 162 valence electrons. The molecule has 0 saturated heterocycles. The van der Waals surface area contributed by atoms with Gasteiger partial charge in [0.2, 0.25) is 0 Å². The van der Waals surface area contributed by atoms with Gasteiger partial charge >= 0.3 is 0 Å².